The van der Waals surface area contributed by atoms with Gasteiger partial charge in [-0.2, -0.15) is 5.10 Å². The van der Waals surface area contributed by atoms with Crippen LogP contribution < -0.4 is 10.6 Å². The summed E-state index contributed by atoms with van der Waals surface area (Å²) in [5.41, 5.74) is 3.23. The first-order valence-electron chi connectivity index (χ1n) is 9.23. The maximum atomic E-state index is 12.4. The van der Waals surface area contributed by atoms with Crippen molar-refractivity contribution in [3.8, 4) is 0 Å². The number of nitrogens with one attached hydrogen (secondary N) is 2. The van der Waals surface area contributed by atoms with Gasteiger partial charge in [0.25, 0.3) is 0 Å². The zero-order valence-electron chi connectivity index (χ0n) is 15.2. The summed E-state index contributed by atoms with van der Waals surface area (Å²) < 4.78 is 1.81. The van der Waals surface area contributed by atoms with Gasteiger partial charge in [-0.05, 0) is 37.5 Å². The van der Waals surface area contributed by atoms with Crippen LogP contribution >= 0.6 is 0 Å². The van der Waals surface area contributed by atoms with Crippen LogP contribution in [0.15, 0.2) is 36.7 Å². The summed E-state index contributed by atoms with van der Waals surface area (Å²) in [6.07, 6.45) is 9.57. The fourth-order valence-electron chi connectivity index (χ4n) is 3.42. The Kier molecular flexibility index (Phi) is 5.87. The van der Waals surface area contributed by atoms with Crippen molar-refractivity contribution in [3.63, 3.8) is 0 Å². The molecule has 5 nitrogen and oxygen atoms in total. The summed E-state index contributed by atoms with van der Waals surface area (Å²) in [4.78, 5) is 12.4. The number of aromatic nitrogens is 2. The normalized spacial score (nSPS) is 16.6. The van der Waals surface area contributed by atoms with Crippen LogP contribution in [0.4, 0.5) is 5.69 Å². The molecule has 25 heavy (non-hydrogen) atoms. The first-order chi connectivity index (χ1) is 12.1. The van der Waals surface area contributed by atoms with Crippen LogP contribution in [0.25, 0.3) is 0 Å². The predicted octanol–water partition coefficient (Wildman–Crippen LogP) is 3.79. The van der Waals surface area contributed by atoms with Gasteiger partial charge in [0.15, 0.2) is 0 Å². The first-order valence-corrected chi connectivity index (χ1v) is 9.23. The van der Waals surface area contributed by atoms with Gasteiger partial charge in [0, 0.05) is 43.0 Å². The van der Waals surface area contributed by atoms with E-state index in [0.29, 0.717) is 0 Å². The van der Waals surface area contributed by atoms with Gasteiger partial charge in [-0.1, -0.05) is 31.4 Å². The molecule has 2 N–H and O–H groups in total. The van der Waals surface area contributed by atoms with Crippen LogP contribution in [0.5, 0.6) is 0 Å². The van der Waals surface area contributed by atoms with Crippen molar-refractivity contribution in [2.75, 3.05) is 5.32 Å². The quantitative estimate of drug-likeness (QED) is 0.841. The number of amides is 1. The summed E-state index contributed by atoms with van der Waals surface area (Å²) in [5.74, 6) is 0.356. The van der Waals surface area contributed by atoms with E-state index in [2.05, 4.69) is 34.8 Å². The third-order valence-corrected chi connectivity index (χ3v) is 5.01. The Balaban J connectivity index is 1.54. The summed E-state index contributed by atoms with van der Waals surface area (Å²) in [6.45, 7) is 2.88. The van der Waals surface area contributed by atoms with Crippen LogP contribution in [-0.2, 0) is 18.4 Å². The minimum atomic E-state index is 0.175. The van der Waals surface area contributed by atoms with E-state index < -0.39 is 0 Å². The summed E-state index contributed by atoms with van der Waals surface area (Å²) in [7, 11) is 1.93. The minimum Gasteiger partial charge on any atom is -0.326 e. The lowest BCUT2D eigenvalue weighted by Crippen LogP contribution is -2.24. The highest BCUT2D eigenvalue weighted by Crippen LogP contribution is 2.25. The summed E-state index contributed by atoms with van der Waals surface area (Å²) >= 11 is 0. The van der Waals surface area contributed by atoms with Gasteiger partial charge >= 0.3 is 0 Å². The molecule has 1 aliphatic carbocycles. The van der Waals surface area contributed by atoms with Gasteiger partial charge in [-0.25, -0.2) is 0 Å². The van der Waals surface area contributed by atoms with Gasteiger partial charge in [0.2, 0.25) is 5.91 Å². The largest absolute Gasteiger partial charge is 0.326 e. The summed E-state index contributed by atoms with van der Waals surface area (Å²) in [6, 6.07) is 8.34. The number of aryl methyl sites for hydroxylation is 1. The van der Waals surface area contributed by atoms with E-state index in [1.54, 1.807) is 0 Å². The number of nitrogens with zero attached hydrogens (tertiary/aromatic N) is 2. The number of rotatable bonds is 6. The van der Waals surface area contributed by atoms with Gasteiger partial charge < -0.3 is 10.6 Å². The Morgan fingerprint density at radius 2 is 2.12 bits per heavy atom. The molecule has 0 spiro atoms. The molecule has 1 saturated carbocycles. The topological polar surface area (TPSA) is 58.9 Å². The van der Waals surface area contributed by atoms with Gasteiger partial charge in [-0.3, -0.25) is 9.48 Å². The van der Waals surface area contributed by atoms with Crippen molar-refractivity contribution in [2.24, 2.45) is 13.0 Å². The van der Waals surface area contributed by atoms with E-state index in [1.807, 2.05) is 36.3 Å². The fourth-order valence-corrected chi connectivity index (χ4v) is 3.42. The van der Waals surface area contributed by atoms with Crippen molar-refractivity contribution in [2.45, 2.75) is 51.6 Å². The average Bonchev–Trinajstić information content (AvgIpc) is 3.07. The fraction of sp³-hybridized carbons (Fsp3) is 0.500. The molecule has 5 heteroatoms. The highest BCUT2D eigenvalue weighted by Gasteiger charge is 2.21. The van der Waals surface area contributed by atoms with Gasteiger partial charge in [-0.15, -0.1) is 0 Å². The smallest absolute Gasteiger partial charge is 0.227 e. The molecule has 2 aromatic rings. The Morgan fingerprint density at radius 3 is 2.84 bits per heavy atom. The molecule has 1 aromatic carbocycles. The van der Waals surface area contributed by atoms with E-state index >= 15 is 0 Å². The van der Waals surface area contributed by atoms with Crippen molar-refractivity contribution < 1.29 is 4.79 Å². The molecule has 0 bridgehead atoms. The monoisotopic (exact) mass is 340 g/mol. The Hall–Kier alpha value is -2.14. The van der Waals surface area contributed by atoms with Gasteiger partial charge in [0.1, 0.15) is 0 Å². The van der Waals surface area contributed by atoms with E-state index in [9.17, 15) is 4.79 Å². The second-order valence-electron chi connectivity index (χ2n) is 7.07. The number of hydrogen-bond acceptors (Lipinski definition) is 3. The molecule has 1 atom stereocenters. The lowest BCUT2D eigenvalue weighted by atomic mass is 9.88. The molecule has 0 aliphatic heterocycles. The average molecular weight is 340 g/mol. The molecule has 134 valence electrons. The maximum absolute atomic E-state index is 12.4. The van der Waals surface area contributed by atoms with E-state index in [4.69, 9.17) is 0 Å². The molecule has 1 heterocycles. The number of carbonyl (C=O) groups excluding carboxylic acids is 1. The number of anilines is 1. The molecule has 1 amide bonds. The van der Waals surface area contributed by atoms with E-state index in [1.165, 1.54) is 24.8 Å². The molecule has 1 fully saturated rings. The third-order valence-electron chi connectivity index (χ3n) is 5.01. The van der Waals surface area contributed by atoms with Crippen LogP contribution in [0, 0.1) is 5.92 Å². The second kappa shape index (κ2) is 8.30. The number of carbonyl (C=O) groups is 1. The van der Waals surface area contributed by atoms with Crippen molar-refractivity contribution in [3.05, 3.63) is 47.8 Å². The molecule has 1 aromatic heterocycles. The standard InChI is InChI=1S/C20H28N4O/c1-15(18-13-22-24(2)14-18)21-12-16-7-6-10-19(11-16)23-20(25)17-8-4-3-5-9-17/h6-7,10-11,13-15,17,21H,3-5,8-9,12H2,1-2H3,(H,23,25)/t15-/m0/s1. The molecular weight excluding hydrogens is 312 g/mol. The van der Waals surface area contributed by atoms with Crippen LogP contribution in [0.3, 0.4) is 0 Å². The second-order valence-corrected chi connectivity index (χ2v) is 7.07. The molecule has 3 rings (SSSR count). The Morgan fingerprint density at radius 1 is 1.32 bits per heavy atom. The van der Waals surface area contributed by atoms with Crippen LogP contribution in [-0.4, -0.2) is 15.7 Å². The predicted molar refractivity (Wildman–Crippen MR) is 100 cm³/mol. The lowest BCUT2D eigenvalue weighted by Gasteiger charge is -2.21. The number of benzene rings is 1. The van der Waals surface area contributed by atoms with E-state index in [0.717, 1.165) is 30.6 Å². The zero-order valence-corrected chi connectivity index (χ0v) is 15.2. The Bertz CT molecular complexity index is 703. The molecule has 0 unspecified atom stereocenters. The maximum Gasteiger partial charge on any atom is 0.227 e. The van der Waals surface area contributed by atoms with Crippen molar-refractivity contribution >= 4 is 11.6 Å². The molecule has 0 saturated heterocycles. The first kappa shape index (κ1) is 17.7. The van der Waals surface area contributed by atoms with Crippen LogP contribution in [0.2, 0.25) is 0 Å². The highest BCUT2D eigenvalue weighted by molar-refractivity contribution is 5.92. The molecular formula is C20H28N4O. The SMILES string of the molecule is C[C@H](NCc1cccc(NC(=O)C2CCCCC2)c1)c1cnn(C)c1. The van der Waals surface area contributed by atoms with Crippen molar-refractivity contribution in [1.29, 1.82) is 0 Å². The van der Waals surface area contributed by atoms with Crippen LogP contribution in [0.1, 0.15) is 56.2 Å². The van der Waals surface area contributed by atoms with Gasteiger partial charge in [0.05, 0.1) is 6.20 Å². The third kappa shape index (κ3) is 4.92. The summed E-state index contributed by atoms with van der Waals surface area (Å²) in [5, 5.41) is 10.8. The van der Waals surface area contributed by atoms with Crippen molar-refractivity contribution in [1.82, 2.24) is 15.1 Å². The lowest BCUT2D eigenvalue weighted by molar-refractivity contribution is -0.120. The molecule has 0 radical (unpaired) electrons. The Labute approximate surface area is 149 Å². The number of hydrogen-bond donors (Lipinski definition) is 2. The zero-order chi connectivity index (χ0) is 17.6. The highest BCUT2D eigenvalue weighted by atomic mass is 16.1. The molecule has 1 aliphatic rings. The minimum absolute atomic E-state index is 0.175. The van der Waals surface area contributed by atoms with E-state index in [-0.39, 0.29) is 17.9 Å².